The van der Waals surface area contributed by atoms with Gasteiger partial charge in [-0.1, -0.05) is 29.8 Å². The third-order valence-corrected chi connectivity index (χ3v) is 5.73. The fourth-order valence-electron chi connectivity index (χ4n) is 4.08. The normalized spacial score (nSPS) is 15.8. The number of anilines is 3. The van der Waals surface area contributed by atoms with Gasteiger partial charge >= 0.3 is 6.03 Å². The highest BCUT2D eigenvalue weighted by Crippen LogP contribution is 2.39. The van der Waals surface area contributed by atoms with Crippen molar-refractivity contribution in [2.75, 3.05) is 28.2 Å². The van der Waals surface area contributed by atoms with E-state index < -0.39 is 0 Å². The van der Waals surface area contributed by atoms with Crippen LogP contribution in [0.15, 0.2) is 60.8 Å². The first-order chi connectivity index (χ1) is 14.2. The number of piperidine rings is 1. The molecule has 3 aromatic rings. The van der Waals surface area contributed by atoms with Crippen LogP contribution in [0.1, 0.15) is 12.8 Å². The Balaban J connectivity index is 1.57. The Morgan fingerprint density at radius 2 is 1.93 bits per heavy atom. The maximum absolute atomic E-state index is 13.3. The average molecular weight is 406 g/mol. The summed E-state index contributed by atoms with van der Waals surface area (Å²) in [7, 11) is 0. The summed E-state index contributed by atoms with van der Waals surface area (Å²) < 4.78 is 0. The topological polar surface area (TPSA) is 61.4 Å². The second-order valence-electron chi connectivity index (χ2n) is 7.28. The van der Waals surface area contributed by atoms with E-state index in [9.17, 15) is 4.79 Å². The molecule has 29 heavy (non-hydrogen) atoms. The molecule has 0 unspecified atom stereocenters. The average Bonchev–Trinajstić information content (AvgIpc) is 3.00. The number of halogens is 1. The molecule has 5 heterocycles. The minimum Gasteiger partial charge on any atom is -0.368 e. The number of urea groups is 1. The first-order valence-electron chi connectivity index (χ1n) is 9.72. The van der Waals surface area contributed by atoms with E-state index in [-0.39, 0.29) is 12.1 Å². The van der Waals surface area contributed by atoms with Gasteiger partial charge in [0.05, 0.1) is 11.4 Å². The van der Waals surface area contributed by atoms with Crippen LogP contribution >= 0.6 is 11.6 Å². The van der Waals surface area contributed by atoms with Gasteiger partial charge in [-0.25, -0.2) is 14.8 Å². The molecular formula is C22H20ClN5O. The monoisotopic (exact) mass is 405 g/mol. The van der Waals surface area contributed by atoms with Crippen molar-refractivity contribution in [1.82, 2.24) is 9.97 Å². The minimum atomic E-state index is -0.200. The Bertz CT molecular complexity index is 1050. The van der Waals surface area contributed by atoms with Gasteiger partial charge in [-0.05, 0) is 49.2 Å². The van der Waals surface area contributed by atoms with Crippen LogP contribution in [0.4, 0.5) is 22.1 Å². The van der Waals surface area contributed by atoms with Crippen molar-refractivity contribution in [3.05, 3.63) is 65.8 Å². The highest BCUT2D eigenvalue weighted by atomic mass is 35.5. The fourth-order valence-corrected chi connectivity index (χ4v) is 4.27. The lowest BCUT2D eigenvalue weighted by Crippen LogP contribution is -2.46. The summed E-state index contributed by atoms with van der Waals surface area (Å²) >= 11 is 6.17. The van der Waals surface area contributed by atoms with Crippen molar-refractivity contribution in [2.24, 2.45) is 0 Å². The van der Waals surface area contributed by atoms with Crippen LogP contribution in [0.5, 0.6) is 0 Å². The Labute approximate surface area is 174 Å². The zero-order valence-corrected chi connectivity index (χ0v) is 16.5. The first kappa shape index (κ1) is 17.9. The number of carbonyl (C=O) groups is 1. The van der Waals surface area contributed by atoms with Crippen LogP contribution < -0.4 is 15.1 Å². The van der Waals surface area contributed by atoms with Crippen LogP contribution in [0.25, 0.3) is 11.3 Å². The summed E-state index contributed by atoms with van der Waals surface area (Å²) in [5, 5.41) is 3.59. The molecule has 6 rings (SSSR count). The van der Waals surface area contributed by atoms with E-state index in [1.54, 1.807) is 12.3 Å². The number of hydrogen-bond donors (Lipinski definition) is 1. The molecule has 2 bridgehead atoms. The first-order valence-corrected chi connectivity index (χ1v) is 10.1. The Hall–Kier alpha value is -3.12. The highest BCUT2D eigenvalue weighted by molar-refractivity contribution is 6.30. The molecule has 3 aliphatic rings. The van der Waals surface area contributed by atoms with Gasteiger partial charge in [0.1, 0.15) is 5.82 Å². The summed E-state index contributed by atoms with van der Waals surface area (Å²) in [6.07, 6.45) is 3.50. The lowest BCUT2D eigenvalue weighted by molar-refractivity contribution is 0.253. The maximum atomic E-state index is 13.3. The van der Waals surface area contributed by atoms with Gasteiger partial charge in [0, 0.05) is 35.9 Å². The SMILES string of the molecule is O=C(Nc1ccccn1)N1c2nc(-c3cccc(Cl)c3)ccc2N2CCC1CC2. The van der Waals surface area contributed by atoms with Gasteiger partial charge < -0.3 is 4.90 Å². The summed E-state index contributed by atoms with van der Waals surface area (Å²) in [5.74, 6) is 1.22. The molecular weight excluding hydrogens is 386 g/mol. The molecule has 2 aromatic heterocycles. The Morgan fingerprint density at radius 3 is 2.69 bits per heavy atom. The molecule has 1 aromatic carbocycles. The van der Waals surface area contributed by atoms with Crippen molar-refractivity contribution >= 4 is 35.0 Å². The van der Waals surface area contributed by atoms with Gasteiger partial charge in [0.25, 0.3) is 0 Å². The fraction of sp³-hybridized carbons (Fsp3) is 0.227. The number of hydrogen-bond acceptors (Lipinski definition) is 4. The third-order valence-electron chi connectivity index (χ3n) is 5.49. The zero-order valence-electron chi connectivity index (χ0n) is 15.8. The molecule has 1 saturated heterocycles. The molecule has 0 aliphatic carbocycles. The largest absolute Gasteiger partial charge is 0.368 e. The smallest absolute Gasteiger partial charge is 0.328 e. The standard InChI is InChI=1S/C22H20ClN5O/c23-16-5-3-4-15(14-16)18-7-8-19-21(25-18)28(17-9-12-27(19)13-10-17)22(29)26-20-6-1-2-11-24-20/h1-8,11,14,17H,9-10,12-13H2,(H,24,26,29). The van der Waals surface area contributed by atoms with E-state index in [1.807, 2.05) is 47.4 Å². The van der Waals surface area contributed by atoms with Crippen LogP contribution in [0.3, 0.4) is 0 Å². The number of carbonyl (C=O) groups excluding carboxylic acids is 1. The van der Waals surface area contributed by atoms with E-state index in [0.29, 0.717) is 16.7 Å². The van der Waals surface area contributed by atoms with Crippen molar-refractivity contribution in [1.29, 1.82) is 0 Å². The molecule has 0 atom stereocenters. The second-order valence-corrected chi connectivity index (χ2v) is 7.72. The highest BCUT2D eigenvalue weighted by Gasteiger charge is 2.37. The molecule has 7 heteroatoms. The van der Waals surface area contributed by atoms with E-state index >= 15 is 0 Å². The quantitative estimate of drug-likeness (QED) is 0.664. The number of aromatic nitrogens is 2. The van der Waals surface area contributed by atoms with Crippen molar-refractivity contribution in [3.8, 4) is 11.3 Å². The van der Waals surface area contributed by atoms with E-state index in [0.717, 1.165) is 42.9 Å². The predicted molar refractivity (Wildman–Crippen MR) is 116 cm³/mol. The van der Waals surface area contributed by atoms with Crippen LogP contribution in [-0.4, -0.2) is 35.1 Å². The number of rotatable bonds is 2. The van der Waals surface area contributed by atoms with Crippen molar-refractivity contribution < 1.29 is 4.79 Å². The Kier molecular flexibility index (Phi) is 4.56. The summed E-state index contributed by atoms with van der Waals surface area (Å²) in [4.78, 5) is 26.5. The molecule has 0 saturated carbocycles. The van der Waals surface area contributed by atoms with E-state index in [2.05, 4.69) is 21.3 Å². The molecule has 2 amide bonds. The molecule has 3 aliphatic heterocycles. The summed E-state index contributed by atoms with van der Waals surface area (Å²) in [6.45, 7) is 1.84. The lowest BCUT2D eigenvalue weighted by Gasteiger charge is -2.31. The van der Waals surface area contributed by atoms with E-state index in [4.69, 9.17) is 16.6 Å². The molecule has 6 nitrogen and oxygen atoms in total. The predicted octanol–water partition coefficient (Wildman–Crippen LogP) is 4.82. The molecule has 0 spiro atoms. The minimum absolute atomic E-state index is 0.110. The van der Waals surface area contributed by atoms with Crippen LogP contribution in [0, 0.1) is 0 Å². The molecule has 1 N–H and O–H groups in total. The lowest BCUT2D eigenvalue weighted by atomic mass is 10.1. The Morgan fingerprint density at radius 1 is 1.07 bits per heavy atom. The van der Waals surface area contributed by atoms with Gasteiger partial charge in [-0.3, -0.25) is 10.2 Å². The molecule has 1 fully saturated rings. The number of nitrogens with zero attached hydrogens (tertiary/aromatic N) is 4. The van der Waals surface area contributed by atoms with E-state index in [1.165, 1.54) is 0 Å². The summed E-state index contributed by atoms with van der Waals surface area (Å²) in [6, 6.07) is 17.0. The number of pyridine rings is 2. The van der Waals surface area contributed by atoms with Gasteiger partial charge in [-0.15, -0.1) is 0 Å². The third kappa shape index (κ3) is 3.40. The van der Waals surface area contributed by atoms with Gasteiger partial charge in [0.15, 0.2) is 5.82 Å². The molecule has 0 radical (unpaired) electrons. The van der Waals surface area contributed by atoms with Gasteiger partial charge in [-0.2, -0.15) is 0 Å². The van der Waals surface area contributed by atoms with Crippen LogP contribution in [-0.2, 0) is 0 Å². The number of nitrogens with one attached hydrogen (secondary N) is 1. The van der Waals surface area contributed by atoms with Crippen LogP contribution in [0.2, 0.25) is 5.02 Å². The van der Waals surface area contributed by atoms with Crippen molar-refractivity contribution in [2.45, 2.75) is 18.9 Å². The molecule has 146 valence electrons. The number of amides is 2. The number of benzene rings is 1. The summed E-state index contributed by atoms with van der Waals surface area (Å²) in [5.41, 5.74) is 2.72. The van der Waals surface area contributed by atoms with Gasteiger partial charge in [0.2, 0.25) is 0 Å². The zero-order chi connectivity index (χ0) is 19.8. The number of fused-ring (bicyclic) bond motifs is 2. The van der Waals surface area contributed by atoms with Crippen molar-refractivity contribution in [3.63, 3.8) is 0 Å². The maximum Gasteiger partial charge on any atom is 0.328 e. The second kappa shape index (κ2) is 7.37.